The van der Waals surface area contributed by atoms with E-state index in [1.807, 2.05) is 0 Å². The Balaban J connectivity index is 1.73. The highest BCUT2D eigenvalue weighted by Crippen LogP contribution is 2.46. The average molecular weight is 568 g/mol. The summed E-state index contributed by atoms with van der Waals surface area (Å²) >= 11 is 0. The highest BCUT2D eigenvalue weighted by atomic mass is 16.7. The van der Waals surface area contributed by atoms with Crippen molar-refractivity contribution < 1.29 is 54.1 Å². The van der Waals surface area contributed by atoms with Crippen LogP contribution < -0.4 is 9.47 Å². The topological polar surface area (TPSA) is 196 Å². The molecule has 0 spiro atoms. The van der Waals surface area contributed by atoms with Crippen LogP contribution in [-0.4, -0.2) is 78.8 Å². The number of H-pyrrole nitrogens is 1. The van der Waals surface area contributed by atoms with Gasteiger partial charge in [-0.2, -0.15) is 0 Å². The predicted octanol–water partition coefficient (Wildman–Crippen LogP) is 1.02. The van der Waals surface area contributed by atoms with E-state index in [1.165, 1.54) is 26.0 Å². The number of nitrogens with one attached hydrogen (secondary N) is 1. The Morgan fingerprint density at radius 3 is 2.41 bits per heavy atom. The molecule has 12 nitrogen and oxygen atoms in total. The lowest BCUT2D eigenvalue weighted by atomic mass is 9.77. The molecule has 1 fully saturated rings. The fourth-order valence-electron chi connectivity index (χ4n) is 5.33. The Kier molecular flexibility index (Phi) is 7.45. The number of carbonyl (C=O) groups excluding carboxylic acids is 3. The second-order valence-corrected chi connectivity index (χ2v) is 10.1. The summed E-state index contributed by atoms with van der Waals surface area (Å²) in [6, 6.07) is 4.24. The van der Waals surface area contributed by atoms with Gasteiger partial charge in [-0.3, -0.25) is 14.4 Å². The minimum absolute atomic E-state index is 0.0348. The summed E-state index contributed by atoms with van der Waals surface area (Å²) in [5.74, 6) is -2.76. The van der Waals surface area contributed by atoms with Crippen LogP contribution in [0.1, 0.15) is 67.9 Å². The minimum atomic E-state index is -1.68. The Bertz CT molecular complexity index is 1550. The first-order valence-electron chi connectivity index (χ1n) is 12.9. The van der Waals surface area contributed by atoms with Crippen molar-refractivity contribution in [1.82, 2.24) is 4.98 Å². The van der Waals surface area contributed by atoms with Crippen molar-refractivity contribution in [1.29, 1.82) is 0 Å². The fraction of sp³-hybridized carbons (Fsp3) is 0.345. The maximum absolute atomic E-state index is 14.1. The van der Waals surface area contributed by atoms with Crippen molar-refractivity contribution in [3.63, 3.8) is 0 Å². The number of phenolic OH excluding ortho intramolecular Hbond substituents is 1. The molecule has 0 saturated carbocycles. The monoisotopic (exact) mass is 567 g/mol. The number of ketones is 2. The molecule has 3 aromatic rings. The van der Waals surface area contributed by atoms with E-state index < -0.39 is 60.6 Å². The van der Waals surface area contributed by atoms with Crippen molar-refractivity contribution in [3.05, 3.63) is 75.1 Å². The standard InChI is InChI=1S/C29H29NO11/c1-11-22(33)21-20(24(35)17-8-16(40-13(3)32)7-15(10-31)19(17)25(21)36)18(6-14-4-5-30-9-14)28(11)41-29-27(38)26(37)23(34)12(2)39-29/h4-5,7-9,12,23,26-27,29-31,33-34,37-38H,6,10H2,1-3H3/t12-,23+,26+,27+,29+/m0/s1. The van der Waals surface area contributed by atoms with Crippen LogP contribution in [0.15, 0.2) is 30.6 Å². The summed E-state index contributed by atoms with van der Waals surface area (Å²) in [6.45, 7) is 3.45. The van der Waals surface area contributed by atoms with Crippen molar-refractivity contribution >= 4 is 17.5 Å². The Hall–Kier alpha value is -4.07. The van der Waals surface area contributed by atoms with E-state index in [9.17, 15) is 39.9 Å². The first kappa shape index (κ1) is 28.5. The van der Waals surface area contributed by atoms with Crippen LogP contribution in [0, 0.1) is 6.92 Å². The third kappa shape index (κ3) is 4.79. The van der Waals surface area contributed by atoms with Crippen molar-refractivity contribution in [2.75, 3.05) is 0 Å². The van der Waals surface area contributed by atoms with Crippen LogP contribution >= 0.6 is 0 Å². The smallest absolute Gasteiger partial charge is 0.308 e. The maximum atomic E-state index is 14.1. The molecule has 2 heterocycles. The molecule has 0 bridgehead atoms. The number of benzene rings is 2. The van der Waals surface area contributed by atoms with Gasteiger partial charge in [-0.05, 0) is 43.2 Å². The summed E-state index contributed by atoms with van der Waals surface area (Å²) in [6.07, 6.45) is -3.73. The second kappa shape index (κ2) is 10.7. The van der Waals surface area contributed by atoms with E-state index in [0.29, 0.717) is 5.56 Å². The highest BCUT2D eigenvalue weighted by Gasteiger charge is 2.45. The summed E-state index contributed by atoms with van der Waals surface area (Å²) in [5.41, 5.74) is 0.229. The fourth-order valence-corrected chi connectivity index (χ4v) is 5.33. The van der Waals surface area contributed by atoms with Crippen LogP contribution in [0.2, 0.25) is 0 Å². The van der Waals surface area contributed by atoms with Crippen molar-refractivity contribution in [2.24, 2.45) is 0 Å². The Morgan fingerprint density at radius 2 is 1.78 bits per heavy atom. The van der Waals surface area contributed by atoms with E-state index in [0.717, 1.165) is 6.92 Å². The van der Waals surface area contributed by atoms with Crippen molar-refractivity contribution in [2.45, 2.75) is 64.5 Å². The number of aromatic nitrogens is 1. The van der Waals surface area contributed by atoms with Gasteiger partial charge in [-0.25, -0.2) is 0 Å². The summed E-state index contributed by atoms with van der Waals surface area (Å²) in [5, 5.41) is 52.3. The van der Waals surface area contributed by atoms with Gasteiger partial charge < -0.3 is 44.7 Å². The molecule has 5 rings (SSSR count). The number of ether oxygens (including phenoxy) is 3. The molecule has 5 atom stereocenters. The number of hydrogen-bond acceptors (Lipinski definition) is 11. The molecule has 1 aromatic heterocycles. The molecule has 41 heavy (non-hydrogen) atoms. The van der Waals surface area contributed by atoms with Gasteiger partial charge in [0.15, 0.2) is 11.6 Å². The van der Waals surface area contributed by atoms with Gasteiger partial charge in [0.2, 0.25) is 6.29 Å². The molecular weight excluding hydrogens is 538 g/mol. The maximum Gasteiger partial charge on any atom is 0.308 e. The van der Waals surface area contributed by atoms with Crippen molar-refractivity contribution in [3.8, 4) is 17.2 Å². The SMILES string of the molecule is CC(=O)Oc1cc(CO)c2c(c1)C(=O)c1c(Cc3cc[nH]c3)c(O[C@H]3O[C@@H](C)[C@@H](O)[C@@H](O)[C@H]3O)c(C)c(O)c1C2=O. The van der Waals surface area contributed by atoms with Gasteiger partial charge in [0.25, 0.3) is 0 Å². The van der Waals surface area contributed by atoms with Gasteiger partial charge in [0.05, 0.1) is 18.3 Å². The van der Waals surface area contributed by atoms with Gasteiger partial charge in [0, 0.05) is 53.6 Å². The van der Waals surface area contributed by atoms with Crippen LogP contribution in [0.5, 0.6) is 17.2 Å². The van der Waals surface area contributed by atoms with Crippen LogP contribution in [0.4, 0.5) is 0 Å². The van der Waals surface area contributed by atoms with Gasteiger partial charge in [-0.15, -0.1) is 0 Å². The molecule has 1 aliphatic carbocycles. The summed E-state index contributed by atoms with van der Waals surface area (Å²) in [7, 11) is 0. The largest absolute Gasteiger partial charge is 0.507 e. The lowest BCUT2D eigenvalue weighted by Gasteiger charge is -2.39. The summed E-state index contributed by atoms with van der Waals surface area (Å²) < 4.78 is 16.8. The molecule has 2 aromatic carbocycles. The van der Waals surface area contributed by atoms with Gasteiger partial charge >= 0.3 is 5.97 Å². The molecule has 216 valence electrons. The first-order chi connectivity index (χ1) is 19.4. The normalized spacial score (nSPS) is 23.6. The molecule has 0 amide bonds. The van der Waals surface area contributed by atoms with E-state index in [2.05, 4.69) is 4.98 Å². The molecule has 0 unspecified atom stereocenters. The number of phenols is 1. The van der Waals surface area contributed by atoms with Gasteiger partial charge in [-0.1, -0.05) is 0 Å². The Morgan fingerprint density at radius 1 is 1.05 bits per heavy atom. The number of hydrogen-bond donors (Lipinski definition) is 6. The lowest BCUT2D eigenvalue weighted by molar-refractivity contribution is -0.268. The van der Waals surface area contributed by atoms with E-state index in [1.54, 1.807) is 18.5 Å². The predicted molar refractivity (Wildman–Crippen MR) is 140 cm³/mol. The quantitative estimate of drug-likeness (QED) is 0.144. The zero-order valence-electron chi connectivity index (χ0n) is 22.4. The number of aromatic hydroxyl groups is 1. The van der Waals surface area contributed by atoms with Crippen LogP contribution in [0.3, 0.4) is 0 Å². The third-order valence-corrected chi connectivity index (χ3v) is 7.40. The molecule has 0 radical (unpaired) electrons. The number of aliphatic hydroxyl groups excluding tert-OH is 4. The number of carbonyl (C=O) groups is 3. The molecular formula is C29H29NO11. The number of esters is 1. The summed E-state index contributed by atoms with van der Waals surface area (Å²) in [4.78, 5) is 42.5. The minimum Gasteiger partial charge on any atom is -0.507 e. The Labute approximate surface area is 233 Å². The average Bonchev–Trinajstić information content (AvgIpc) is 3.45. The zero-order chi connectivity index (χ0) is 29.7. The number of aromatic amines is 1. The lowest BCUT2D eigenvalue weighted by Crippen LogP contribution is -2.58. The molecule has 1 aliphatic heterocycles. The second-order valence-electron chi connectivity index (χ2n) is 10.1. The molecule has 12 heteroatoms. The van der Waals surface area contributed by atoms with E-state index in [4.69, 9.17) is 14.2 Å². The van der Waals surface area contributed by atoms with Crippen LogP contribution in [-0.2, 0) is 22.6 Å². The van der Waals surface area contributed by atoms with Gasteiger partial charge in [0.1, 0.15) is 35.6 Å². The molecule has 1 saturated heterocycles. The van der Waals surface area contributed by atoms with E-state index in [-0.39, 0.29) is 56.9 Å². The number of aliphatic hydroxyl groups is 4. The van der Waals surface area contributed by atoms with E-state index >= 15 is 0 Å². The number of rotatable bonds is 6. The zero-order valence-corrected chi connectivity index (χ0v) is 22.4. The third-order valence-electron chi connectivity index (χ3n) is 7.40. The molecule has 2 aliphatic rings. The first-order valence-corrected chi connectivity index (χ1v) is 12.9. The van der Waals surface area contributed by atoms with Crippen LogP contribution in [0.25, 0.3) is 0 Å². The highest BCUT2D eigenvalue weighted by molar-refractivity contribution is 6.30. The number of fused-ring (bicyclic) bond motifs is 2. The molecule has 6 N–H and O–H groups in total.